The van der Waals surface area contributed by atoms with Crippen molar-refractivity contribution in [3.05, 3.63) is 12.2 Å². The Morgan fingerprint density at radius 2 is 1.63 bits per heavy atom. The molecular weight excluding hydrogens is 406 g/mol. The summed E-state index contributed by atoms with van der Waals surface area (Å²) in [6, 6.07) is -0.785. The fourth-order valence-electron chi connectivity index (χ4n) is 4.72. The molecule has 0 aromatic rings. The van der Waals surface area contributed by atoms with Crippen LogP contribution in [0.1, 0.15) is 46.0 Å². The number of carbonyl (C=O) groups excluding carboxylic acids is 3. The van der Waals surface area contributed by atoms with Gasteiger partial charge < -0.3 is 5.32 Å². The first-order valence-corrected chi connectivity index (χ1v) is 12.7. The van der Waals surface area contributed by atoms with E-state index in [9.17, 15) is 22.8 Å². The number of rotatable bonds is 7. The van der Waals surface area contributed by atoms with Crippen LogP contribution in [0.3, 0.4) is 0 Å². The van der Waals surface area contributed by atoms with Gasteiger partial charge in [0.1, 0.15) is 6.04 Å². The molecule has 8 nitrogen and oxygen atoms in total. The highest BCUT2D eigenvalue weighted by molar-refractivity contribution is 7.88. The number of allylic oxidation sites excluding steroid dienone is 2. The Morgan fingerprint density at radius 1 is 1.10 bits per heavy atom. The first kappa shape index (κ1) is 22.9. The molecule has 0 aromatic carbocycles. The van der Waals surface area contributed by atoms with Crippen LogP contribution < -0.4 is 5.32 Å². The molecule has 3 amide bonds. The molecular formula is C21H33N3O5S. The molecule has 2 saturated heterocycles. The summed E-state index contributed by atoms with van der Waals surface area (Å²) in [4.78, 5) is 40.2. The van der Waals surface area contributed by atoms with Crippen LogP contribution in [0.5, 0.6) is 0 Å². The molecule has 30 heavy (non-hydrogen) atoms. The van der Waals surface area contributed by atoms with E-state index in [1.807, 2.05) is 26.0 Å². The molecule has 2 heterocycles. The molecule has 1 N–H and O–H groups in total. The van der Waals surface area contributed by atoms with Crippen molar-refractivity contribution in [3.8, 4) is 0 Å². The molecule has 0 radical (unpaired) electrons. The summed E-state index contributed by atoms with van der Waals surface area (Å²) in [6.45, 7) is 5.28. The zero-order valence-electron chi connectivity index (χ0n) is 18.0. The highest BCUT2D eigenvalue weighted by Gasteiger charge is 2.51. The molecule has 2 fully saturated rings. The summed E-state index contributed by atoms with van der Waals surface area (Å²) < 4.78 is 24.8. The Morgan fingerprint density at radius 3 is 2.10 bits per heavy atom. The second-order valence-electron chi connectivity index (χ2n) is 9.20. The average molecular weight is 440 g/mol. The van der Waals surface area contributed by atoms with E-state index in [1.165, 1.54) is 15.5 Å². The van der Waals surface area contributed by atoms with Crippen molar-refractivity contribution in [2.45, 2.75) is 52.0 Å². The molecule has 3 unspecified atom stereocenters. The molecule has 1 aliphatic carbocycles. The fourth-order valence-corrected chi connectivity index (χ4v) is 5.59. The van der Waals surface area contributed by atoms with Crippen LogP contribution in [0.2, 0.25) is 0 Å². The monoisotopic (exact) mass is 439 g/mol. The number of amides is 3. The summed E-state index contributed by atoms with van der Waals surface area (Å²) >= 11 is 0. The third-order valence-electron chi connectivity index (χ3n) is 6.46. The first-order chi connectivity index (χ1) is 14.1. The normalized spacial score (nSPS) is 26.9. The predicted molar refractivity (Wildman–Crippen MR) is 113 cm³/mol. The van der Waals surface area contributed by atoms with E-state index in [4.69, 9.17) is 0 Å². The van der Waals surface area contributed by atoms with Gasteiger partial charge >= 0.3 is 0 Å². The average Bonchev–Trinajstić information content (AvgIpc) is 2.94. The third-order valence-corrected chi connectivity index (χ3v) is 7.76. The SMILES string of the molecule is CC(C)CC(C(=O)NCC1CCN(S(C)(=O)=O)CC1)N1C(=O)C2CC=CCC2C1=O. The molecule has 9 heteroatoms. The maximum atomic E-state index is 13.0. The quantitative estimate of drug-likeness (QED) is 0.473. The van der Waals surface area contributed by atoms with Gasteiger partial charge in [0.2, 0.25) is 27.7 Å². The van der Waals surface area contributed by atoms with Gasteiger partial charge in [0.25, 0.3) is 0 Å². The van der Waals surface area contributed by atoms with Gasteiger partial charge in [-0.15, -0.1) is 0 Å². The first-order valence-electron chi connectivity index (χ1n) is 10.8. The van der Waals surface area contributed by atoms with Gasteiger partial charge in [-0.25, -0.2) is 12.7 Å². The molecule has 0 bridgehead atoms. The van der Waals surface area contributed by atoms with Crippen molar-refractivity contribution in [1.29, 1.82) is 0 Å². The minimum Gasteiger partial charge on any atom is -0.354 e. The lowest BCUT2D eigenvalue weighted by molar-refractivity contribution is -0.148. The number of fused-ring (bicyclic) bond motifs is 1. The standard InChI is InChI=1S/C21H33N3O5S/c1-14(2)12-18(24-20(26)16-6-4-5-7-17(16)21(24)27)19(25)22-13-15-8-10-23(11-9-15)30(3,28)29/h4-5,14-18H,6-13H2,1-3H3,(H,22,25). The van der Waals surface area contributed by atoms with Crippen molar-refractivity contribution in [3.63, 3.8) is 0 Å². The molecule has 3 aliphatic rings. The summed E-state index contributed by atoms with van der Waals surface area (Å²) in [6.07, 6.45) is 8.00. The zero-order chi connectivity index (χ0) is 22.1. The second kappa shape index (κ2) is 9.18. The van der Waals surface area contributed by atoms with Crippen LogP contribution >= 0.6 is 0 Å². The molecule has 168 valence electrons. The van der Waals surface area contributed by atoms with Gasteiger partial charge in [-0.05, 0) is 43.9 Å². The fraction of sp³-hybridized carbons (Fsp3) is 0.762. The maximum absolute atomic E-state index is 13.0. The summed E-state index contributed by atoms with van der Waals surface area (Å²) in [5.74, 6) is -1.09. The zero-order valence-corrected chi connectivity index (χ0v) is 18.9. The smallest absolute Gasteiger partial charge is 0.243 e. The minimum atomic E-state index is -3.18. The predicted octanol–water partition coefficient (Wildman–Crippen LogP) is 1.14. The summed E-state index contributed by atoms with van der Waals surface area (Å²) in [5, 5.41) is 2.94. The Hall–Kier alpha value is -1.74. The number of imide groups is 1. The minimum absolute atomic E-state index is 0.153. The van der Waals surface area contributed by atoms with Crippen molar-refractivity contribution in [1.82, 2.24) is 14.5 Å². The lowest BCUT2D eigenvalue weighted by Gasteiger charge is -2.31. The van der Waals surface area contributed by atoms with E-state index >= 15 is 0 Å². The van der Waals surface area contributed by atoms with Crippen molar-refractivity contribution in [2.24, 2.45) is 23.7 Å². The van der Waals surface area contributed by atoms with Crippen LogP contribution in [0.25, 0.3) is 0 Å². The number of hydrogen-bond acceptors (Lipinski definition) is 5. The number of hydrogen-bond donors (Lipinski definition) is 1. The van der Waals surface area contributed by atoms with E-state index in [2.05, 4.69) is 5.32 Å². The molecule has 0 saturated carbocycles. The molecule has 2 aliphatic heterocycles. The van der Waals surface area contributed by atoms with Gasteiger partial charge in [-0.1, -0.05) is 26.0 Å². The lowest BCUT2D eigenvalue weighted by atomic mass is 9.85. The number of likely N-dealkylation sites (tertiary alicyclic amines) is 1. The Balaban J connectivity index is 1.63. The van der Waals surface area contributed by atoms with E-state index in [-0.39, 0.29) is 41.4 Å². The summed E-state index contributed by atoms with van der Waals surface area (Å²) in [5.41, 5.74) is 0. The van der Waals surface area contributed by atoms with Crippen molar-refractivity contribution >= 4 is 27.7 Å². The lowest BCUT2D eigenvalue weighted by Crippen LogP contribution is -2.51. The van der Waals surface area contributed by atoms with Crippen LogP contribution in [-0.2, 0) is 24.4 Å². The number of nitrogens with zero attached hydrogens (tertiary/aromatic N) is 2. The Bertz CT molecular complexity index is 788. The van der Waals surface area contributed by atoms with Gasteiger partial charge in [0.15, 0.2) is 0 Å². The van der Waals surface area contributed by atoms with Crippen molar-refractivity contribution < 1.29 is 22.8 Å². The van der Waals surface area contributed by atoms with Crippen LogP contribution in [0, 0.1) is 23.7 Å². The molecule has 0 spiro atoms. The molecule has 0 aromatic heterocycles. The third kappa shape index (κ3) is 4.94. The molecule has 3 rings (SSSR count). The van der Waals surface area contributed by atoms with Crippen LogP contribution in [0.15, 0.2) is 12.2 Å². The number of carbonyl (C=O) groups is 3. The van der Waals surface area contributed by atoms with Crippen molar-refractivity contribution in [2.75, 3.05) is 25.9 Å². The maximum Gasteiger partial charge on any atom is 0.243 e. The van der Waals surface area contributed by atoms with E-state index in [1.54, 1.807) is 0 Å². The van der Waals surface area contributed by atoms with Gasteiger partial charge in [0.05, 0.1) is 18.1 Å². The number of sulfonamides is 1. The molecule has 3 atom stereocenters. The van der Waals surface area contributed by atoms with Crippen LogP contribution in [0.4, 0.5) is 0 Å². The highest BCUT2D eigenvalue weighted by atomic mass is 32.2. The topological polar surface area (TPSA) is 104 Å². The van der Waals surface area contributed by atoms with Gasteiger partial charge in [-0.2, -0.15) is 0 Å². The van der Waals surface area contributed by atoms with Gasteiger partial charge in [-0.3, -0.25) is 19.3 Å². The largest absolute Gasteiger partial charge is 0.354 e. The van der Waals surface area contributed by atoms with Crippen LogP contribution in [-0.4, -0.2) is 67.3 Å². The van der Waals surface area contributed by atoms with Gasteiger partial charge in [0, 0.05) is 19.6 Å². The number of piperidine rings is 1. The highest BCUT2D eigenvalue weighted by Crippen LogP contribution is 2.37. The van der Waals surface area contributed by atoms with E-state index in [0.717, 1.165) is 0 Å². The second-order valence-corrected chi connectivity index (χ2v) is 11.2. The Kier molecular flexibility index (Phi) is 7.02. The Labute approximate surface area is 179 Å². The summed E-state index contributed by atoms with van der Waals surface area (Å²) in [7, 11) is -3.18. The number of nitrogens with one attached hydrogen (secondary N) is 1. The van der Waals surface area contributed by atoms with E-state index in [0.29, 0.717) is 51.7 Å². The van der Waals surface area contributed by atoms with E-state index < -0.39 is 16.1 Å².